The molecule has 0 saturated carbocycles. The summed E-state index contributed by atoms with van der Waals surface area (Å²) in [6, 6.07) is 12.0. The Hall–Kier alpha value is -2.12. The van der Waals surface area contributed by atoms with E-state index in [1.165, 1.54) is 6.07 Å². The summed E-state index contributed by atoms with van der Waals surface area (Å²) in [4.78, 5) is 0.0562. The number of benzene rings is 2. The van der Waals surface area contributed by atoms with Crippen molar-refractivity contribution < 1.29 is 12.8 Å². The molecule has 0 radical (unpaired) electrons. The molecule has 0 saturated heterocycles. The first-order valence-electron chi connectivity index (χ1n) is 6.82. The molecule has 2 N–H and O–H groups in total. The zero-order valence-electron chi connectivity index (χ0n) is 11.9. The Labute approximate surface area is 138 Å². The molecule has 120 valence electrons. The first-order chi connectivity index (χ1) is 11.0. The molecule has 0 aliphatic carbocycles. The van der Waals surface area contributed by atoms with Gasteiger partial charge in [0.15, 0.2) is 0 Å². The van der Waals surface area contributed by atoms with E-state index in [0.29, 0.717) is 21.8 Å². The normalized spacial score (nSPS) is 15.3. The molecule has 0 unspecified atom stereocenters. The van der Waals surface area contributed by atoms with Gasteiger partial charge in [-0.3, -0.25) is 0 Å². The fourth-order valence-corrected chi connectivity index (χ4v) is 3.69. The van der Waals surface area contributed by atoms with Crippen molar-refractivity contribution in [3.63, 3.8) is 0 Å². The summed E-state index contributed by atoms with van der Waals surface area (Å²) in [5.74, 6) is -0.00495. The van der Waals surface area contributed by atoms with Gasteiger partial charge in [-0.15, -0.1) is 4.40 Å². The molecule has 2 aromatic rings. The molecule has 0 fully saturated rings. The summed E-state index contributed by atoms with van der Waals surface area (Å²) in [7, 11) is -3.87. The summed E-state index contributed by atoms with van der Waals surface area (Å²) in [6.45, 7) is -0.676. The topological polar surface area (TPSA) is 70.6 Å². The van der Waals surface area contributed by atoms with Crippen LogP contribution in [0.25, 0.3) is 11.1 Å². The van der Waals surface area contributed by atoms with Crippen LogP contribution >= 0.6 is 11.6 Å². The predicted octanol–water partition coefficient (Wildman–Crippen LogP) is 3.04. The lowest BCUT2D eigenvalue weighted by atomic mass is 10.0. The second kappa shape index (κ2) is 6.17. The van der Waals surface area contributed by atoms with Crippen molar-refractivity contribution in [2.45, 2.75) is 4.90 Å². The van der Waals surface area contributed by atoms with Crippen LogP contribution in [0.1, 0.15) is 0 Å². The highest BCUT2D eigenvalue weighted by molar-refractivity contribution is 7.90. The number of fused-ring (bicyclic) bond motifs is 1. The standard InChI is InChI=1S/C15H13ClFN3O2S/c16-12-6-2-1-4-10(12)11-5-3-7-13-14(11)19-15(18-9-8-17)20-23(13,21)22/h1-7H,8-9H2,(H2,18,19,20). The van der Waals surface area contributed by atoms with Crippen LogP contribution < -0.4 is 10.6 Å². The number of anilines is 1. The number of rotatable bonds is 3. The molecule has 0 spiro atoms. The Morgan fingerprint density at radius 3 is 2.61 bits per heavy atom. The van der Waals surface area contributed by atoms with E-state index in [1.54, 1.807) is 30.3 Å². The molecule has 0 bridgehead atoms. The van der Waals surface area contributed by atoms with Crippen molar-refractivity contribution >= 4 is 33.3 Å². The minimum absolute atomic E-state index is 0.00495. The number of alkyl halides is 1. The van der Waals surface area contributed by atoms with Gasteiger partial charge in [0.1, 0.15) is 11.6 Å². The predicted molar refractivity (Wildman–Crippen MR) is 89.1 cm³/mol. The van der Waals surface area contributed by atoms with E-state index in [0.717, 1.165) is 0 Å². The van der Waals surface area contributed by atoms with Crippen LogP contribution in [0.5, 0.6) is 0 Å². The van der Waals surface area contributed by atoms with Gasteiger partial charge in [-0.05, 0) is 12.1 Å². The van der Waals surface area contributed by atoms with E-state index in [1.807, 2.05) is 6.07 Å². The molecule has 5 nitrogen and oxygen atoms in total. The van der Waals surface area contributed by atoms with Gasteiger partial charge in [-0.25, -0.2) is 4.39 Å². The minimum Gasteiger partial charge on any atom is -0.353 e. The highest BCUT2D eigenvalue weighted by Gasteiger charge is 2.27. The van der Waals surface area contributed by atoms with Gasteiger partial charge >= 0.3 is 0 Å². The number of sulfonamides is 1. The fraction of sp³-hybridized carbons (Fsp3) is 0.133. The zero-order valence-corrected chi connectivity index (χ0v) is 13.5. The average Bonchev–Trinajstić information content (AvgIpc) is 2.52. The molecule has 3 rings (SSSR count). The number of nitrogens with zero attached hydrogens (tertiary/aromatic N) is 1. The lowest BCUT2D eigenvalue weighted by Gasteiger charge is -2.22. The Morgan fingerprint density at radius 2 is 1.87 bits per heavy atom. The van der Waals surface area contributed by atoms with Gasteiger partial charge in [0.25, 0.3) is 10.0 Å². The van der Waals surface area contributed by atoms with E-state index in [9.17, 15) is 12.8 Å². The number of halogens is 2. The smallest absolute Gasteiger partial charge is 0.287 e. The molecule has 23 heavy (non-hydrogen) atoms. The maximum Gasteiger partial charge on any atom is 0.287 e. The van der Waals surface area contributed by atoms with Crippen molar-refractivity contribution in [3.05, 3.63) is 47.5 Å². The highest BCUT2D eigenvalue weighted by Crippen LogP contribution is 2.39. The van der Waals surface area contributed by atoms with Crippen molar-refractivity contribution in [2.75, 3.05) is 18.5 Å². The van der Waals surface area contributed by atoms with Crippen LogP contribution in [0.3, 0.4) is 0 Å². The molecule has 1 aliphatic rings. The van der Waals surface area contributed by atoms with Crippen molar-refractivity contribution in [3.8, 4) is 11.1 Å². The van der Waals surface area contributed by atoms with Crippen molar-refractivity contribution in [1.82, 2.24) is 5.32 Å². The number of para-hydroxylation sites is 1. The van der Waals surface area contributed by atoms with Gasteiger partial charge in [-0.1, -0.05) is 41.9 Å². The molecule has 2 aromatic carbocycles. The number of hydrogen-bond donors (Lipinski definition) is 2. The molecule has 0 aromatic heterocycles. The van der Waals surface area contributed by atoms with Gasteiger partial charge in [0, 0.05) is 22.7 Å². The first-order valence-corrected chi connectivity index (χ1v) is 8.64. The maximum atomic E-state index is 12.3. The van der Waals surface area contributed by atoms with Crippen molar-refractivity contribution in [2.24, 2.45) is 4.40 Å². The lowest BCUT2D eigenvalue weighted by molar-refractivity contribution is 0.491. The molecular weight excluding hydrogens is 341 g/mol. The van der Waals surface area contributed by atoms with Gasteiger partial charge < -0.3 is 10.6 Å². The number of nitrogens with one attached hydrogen (secondary N) is 2. The number of guanidine groups is 1. The van der Waals surface area contributed by atoms with Crippen LogP contribution in [-0.2, 0) is 10.0 Å². The summed E-state index contributed by atoms with van der Waals surface area (Å²) in [6.07, 6.45) is 0. The van der Waals surface area contributed by atoms with E-state index in [2.05, 4.69) is 15.0 Å². The Balaban J connectivity index is 2.15. The lowest BCUT2D eigenvalue weighted by Crippen LogP contribution is -2.36. The fourth-order valence-electron chi connectivity index (χ4n) is 2.33. The Kier molecular flexibility index (Phi) is 4.23. The molecule has 1 aliphatic heterocycles. The summed E-state index contributed by atoms with van der Waals surface area (Å²) in [5.41, 5.74) is 1.70. The van der Waals surface area contributed by atoms with Gasteiger partial charge in [0.2, 0.25) is 5.96 Å². The largest absolute Gasteiger partial charge is 0.353 e. The Bertz CT molecular complexity index is 884. The summed E-state index contributed by atoms with van der Waals surface area (Å²) in [5, 5.41) is 6.03. The maximum absolute atomic E-state index is 12.3. The van der Waals surface area contributed by atoms with Crippen LogP contribution in [0, 0.1) is 0 Å². The summed E-state index contributed by atoms with van der Waals surface area (Å²) >= 11 is 6.22. The SMILES string of the molecule is O=S1(=O)N=C(NCCF)Nc2c(-c3ccccc3Cl)cccc21. The van der Waals surface area contributed by atoms with Crippen LogP contribution in [0.15, 0.2) is 51.8 Å². The summed E-state index contributed by atoms with van der Waals surface area (Å²) < 4.78 is 40.6. The second-order valence-corrected chi connectivity index (χ2v) is 6.79. The second-order valence-electron chi connectivity index (χ2n) is 4.81. The van der Waals surface area contributed by atoms with Crippen LogP contribution in [0.4, 0.5) is 10.1 Å². The van der Waals surface area contributed by atoms with Gasteiger partial charge in [-0.2, -0.15) is 8.42 Å². The molecule has 0 atom stereocenters. The van der Waals surface area contributed by atoms with E-state index < -0.39 is 16.7 Å². The molecule has 0 amide bonds. The highest BCUT2D eigenvalue weighted by atomic mass is 35.5. The third-order valence-electron chi connectivity index (χ3n) is 3.31. The van der Waals surface area contributed by atoms with Crippen LogP contribution in [-0.4, -0.2) is 27.6 Å². The van der Waals surface area contributed by atoms with Gasteiger partial charge in [0.05, 0.1) is 5.69 Å². The van der Waals surface area contributed by atoms with E-state index in [4.69, 9.17) is 11.6 Å². The first kappa shape index (κ1) is 15.8. The van der Waals surface area contributed by atoms with E-state index in [-0.39, 0.29) is 17.4 Å². The minimum atomic E-state index is -3.87. The molecular formula is C15H13ClFN3O2S. The third-order valence-corrected chi connectivity index (χ3v) is 4.96. The third kappa shape index (κ3) is 3.02. The average molecular weight is 354 g/mol. The molecule has 8 heteroatoms. The zero-order chi connectivity index (χ0) is 16.4. The van der Waals surface area contributed by atoms with Crippen molar-refractivity contribution in [1.29, 1.82) is 0 Å². The Morgan fingerprint density at radius 1 is 1.13 bits per heavy atom. The number of hydrogen-bond acceptors (Lipinski definition) is 4. The van der Waals surface area contributed by atoms with Crippen LogP contribution in [0.2, 0.25) is 5.02 Å². The van der Waals surface area contributed by atoms with E-state index >= 15 is 0 Å². The molecule has 1 heterocycles. The quantitative estimate of drug-likeness (QED) is 0.889. The monoisotopic (exact) mass is 353 g/mol.